The van der Waals surface area contributed by atoms with Crippen LogP contribution in [0.2, 0.25) is 0 Å². The topological polar surface area (TPSA) is 81.0 Å². The van der Waals surface area contributed by atoms with E-state index in [4.69, 9.17) is 10.5 Å². The molecular weight excluding hydrogens is 274 g/mol. The molecule has 0 radical (unpaired) electrons. The van der Waals surface area contributed by atoms with Gasteiger partial charge >= 0.3 is 0 Å². The highest BCUT2D eigenvalue weighted by molar-refractivity contribution is 7.99. The second kappa shape index (κ2) is 7.12. The van der Waals surface area contributed by atoms with E-state index in [0.29, 0.717) is 17.5 Å². The normalized spacial score (nSPS) is 12.1. The van der Waals surface area contributed by atoms with E-state index in [9.17, 15) is 4.79 Å². The number of ether oxygens (including phenoxy) is 1. The summed E-state index contributed by atoms with van der Waals surface area (Å²) in [7, 11) is 0. The van der Waals surface area contributed by atoms with Crippen molar-refractivity contribution in [1.82, 2.24) is 9.97 Å². The number of nitrogens with zero attached hydrogens (tertiary/aromatic N) is 1. The van der Waals surface area contributed by atoms with Crippen molar-refractivity contribution < 1.29 is 4.74 Å². The lowest BCUT2D eigenvalue weighted by Gasteiger charge is -2.15. The van der Waals surface area contributed by atoms with E-state index in [2.05, 4.69) is 9.97 Å². The first-order valence-corrected chi connectivity index (χ1v) is 7.34. The lowest BCUT2D eigenvalue weighted by Crippen LogP contribution is -2.15. The van der Waals surface area contributed by atoms with E-state index in [1.165, 1.54) is 24.0 Å². The standard InChI is InChI=1S/C14H17N3O2S/c1-2-19-12-6-4-3-5-10(12)11(15)9-20-14-16-8-7-13(18)17-14/h3-8,11H,2,9,15H2,1H3,(H,16,17,18). The van der Waals surface area contributed by atoms with Gasteiger partial charge in [0.2, 0.25) is 0 Å². The smallest absolute Gasteiger partial charge is 0.251 e. The number of nitrogens with two attached hydrogens (primary N) is 1. The van der Waals surface area contributed by atoms with Crippen molar-refractivity contribution in [3.05, 3.63) is 52.4 Å². The second-order valence-electron chi connectivity index (χ2n) is 4.13. The van der Waals surface area contributed by atoms with E-state index in [-0.39, 0.29) is 11.6 Å². The largest absolute Gasteiger partial charge is 0.494 e. The van der Waals surface area contributed by atoms with Crippen LogP contribution in [0.4, 0.5) is 0 Å². The number of rotatable bonds is 6. The summed E-state index contributed by atoms with van der Waals surface area (Å²) in [6.07, 6.45) is 1.49. The number of thioether (sulfide) groups is 1. The van der Waals surface area contributed by atoms with E-state index >= 15 is 0 Å². The number of para-hydroxylation sites is 1. The number of nitrogens with one attached hydrogen (secondary N) is 1. The van der Waals surface area contributed by atoms with E-state index in [0.717, 1.165) is 11.3 Å². The summed E-state index contributed by atoms with van der Waals surface area (Å²) >= 11 is 1.42. The molecule has 0 bridgehead atoms. The predicted octanol–water partition coefficient (Wildman–Crippen LogP) is 1.96. The molecule has 0 saturated heterocycles. The summed E-state index contributed by atoms with van der Waals surface area (Å²) in [5.74, 6) is 1.41. The Morgan fingerprint density at radius 3 is 2.95 bits per heavy atom. The third kappa shape index (κ3) is 3.85. The summed E-state index contributed by atoms with van der Waals surface area (Å²) in [5, 5.41) is 0.571. The van der Waals surface area contributed by atoms with Crippen LogP contribution >= 0.6 is 11.8 Å². The number of hydrogen-bond donors (Lipinski definition) is 2. The van der Waals surface area contributed by atoms with Gasteiger partial charge in [0.1, 0.15) is 5.75 Å². The molecule has 1 atom stereocenters. The first-order valence-electron chi connectivity index (χ1n) is 6.36. The second-order valence-corrected chi connectivity index (χ2v) is 5.14. The van der Waals surface area contributed by atoms with Crippen LogP contribution in [-0.2, 0) is 0 Å². The third-order valence-corrected chi connectivity index (χ3v) is 3.67. The Hall–Kier alpha value is -1.79. The highest BCUT2D eigenvalue weighted by Gasteiger charge is 2.12. The Morgan fingerprint density at radius 2 is 2.20 bits per heavy atom. The van der Waals surface area contributed by atoms with E-state index in [1.807, 2.05) is 31.2 Å². The van der Waals surface area contributed by atoms with E-state index in [1.54, 1.807) is 0 Å². The Bertz CT molecular complexity index is 615. The van der Waals surface area contributed by atoms with Crippen LogP contribution in [0.1, 0.15) is 18.5 Å². The Labute approximate surface area is 121 Å². The molecule has 5 nitrogen and oxygen atoms in total. The van der Waals surface area contributed by atoms with Crippen molar-refractivity contribution in [3.8, 4) is 5.75 Å². The summed E-state index contributed by atoms with van der Waals surface area (Å²) in [5.41, 5.74) is 6.99. The molecule has 0 amide bonds. The van der Waals surface area contributed by atoms with Gasteiger partial charge in [0.05, 0.1) is 6.61 Å². The van der Waals surface area contributed by atoms with Gasteiger partial charge in [0, 0.05) is 29.6 Å². The lowest BCUT2D eigenvalue weighted by molar-refractivity contribution is 0.335. The Morgan fingerprint density at radius 1 is 1.40 bits per heavy atom. The quantitative estimate of drug-likeness (QED) is 0.628. The van der Waals surface area contributed by atoms with Gasteiger partial charge in [-0.25, -0.2) is 4.98 Å². The van der Waals surface area contributed by atoms with Crippen LogP contribution in [-0.4, -0.2) is 22.3 Å². The van der Waals surface area contributed by atoms with Crippen LogP contribution in [0, 0.1) is 0 Å². The molecular formula is C14H17N3O2S. The number of H-pyrrole nitrogens is 1. The number of aromatic nitrogens is 2. The maximum atomic E-state index is 11.2. The molecule has 0 fully saturated rings. The van der Waals surface area contributed by atoms with Gasteiger partial charge in [-0.1, -0.05) is 30.0 Å². The molecule has 3 N–H and O–H groups in total. The van der Waals surface area contributed by atoms with Crippen LogP contribution in [0.5, 0.6) is 5.75 Å². The zero-order valence-corrected chi connectivity index (χ0v) is 12.0. The fraction of sp³-hybridized carbons (Fsp3) is 0.286. The molecule has 1 heterocycles. The molecule has 106 valence electrons. The maximum absolute atomic E-state index is 11.2. The molecule has 2 rings (SSSR count). The molecule has 1 unspecified atom stereocenters. The van der Waals surface area contributed by atoms with Crippen molar-refractivity contribution in [2.75, 3.05) is 12.4 Å². The minimum atomic E-state index is -0.187. The number of benzene rings is 1. The highest BCUT2D eigenvalue weighted by Crippen LogP contribution is 2.27. The zero-order valence-electron chi connectivity index (χ0n) is 11.2. The molecule has 6 heteroatoms. The molecule has 0 aliphatic heterocycles. The van der Waals surface area contributed by atoms with Gasteiger partial charge in [-0.2, -0.15) is 0 Å². The highest BCUT2D eigenvalue weighted by atomic mass is 32.2. The molecule has 1 aromatic heterocycles. The van der Waals surface area contributed by atoms with Crippen LogP contribution in [0.25, 0.3) is 0 Å². The molecule has 0 spiro atoms. The van der Waals surface area contributed by atoms with Gasteiger partial charge in [-0.05, 0) is 13.0 Å². The van der Waals surface area contributed by atoms with Crippen LogP contribution < -0.4 is 16.0 Å². The average molecular weight is 291 g/mol. The zero-order chi connectivity index (χ0) is 14.4. The molecule has 0 aliphatic carbocycles. The fourth-order valence-corrected chi connectivity index (χ4v) is 2.58. The van der Waals surface area contributed by atoms with Gasteiger partial charge in [-0.3, -0.25) is 4.79 Å². The summed E-state index contributed by atoms with van der Waals surface area (Å²) in [4.78, 5) is 17.9. The van der Waals surface area contributed by atoms with Crippen molar-refractivity contribution >= 4 is 11.8 Å². The SMILES string of the molecule is CCOc1ccccc1C(N)CSc1nccc(=O)[nH]1. The van der Waals surface area contributed by atoms with Crippen LogP contribution in [0.3, 0.4) is 0 Å². The monoisotopic (exact) mass is 291 g/mol. The van der Waals surface area contributed by atoms with Crippen molar-refractivity contribution in [1.29, 1.82) is 0 Å². The molecule has 2 aromatic rings. The average Bonchev–Trinajstić information content (AvgIpc) is 2.46. The summed E-state index contributed by atoms with van der Waals surface area (Å²) < 4.78 is 5.57. The molecule has 0 saturated carbocycles. The first kappa shape index (κ1) is 14.6. The van der Waals surface area contributed by atoms with Crippen molar-refractivity contribution in [2.24, 2.45) is 5.73 Å². The Balaban J connectivity index is 2.05. The lowest BCUT2D eigenvalue weighted by atomic mass is 10.1. The predicted molar refractivity (Wildman–Crippen MR) is 80.1 cm³/mol. The minimum Gasteiger partial charge on any atom is -0.494 e. The summed E-state index contributed by atoms with van der Waals surface area (Å²) in [6.45, 7) is 2.54. The third-order valence-electron chi connectivity index (χ3n) is 2.67. The maximum Gasteiger partial charge on any atom is 0.251 e. The first-order chi connectivity index (χ1) is 9.70. The van der Waals surface area contributed by atoms with Crippen LogP contribution in [0.15, 0.2) is 46.5 Å². The summed E-state index contributed by atoms with van der Waals surface area (Å²) in [6, 6.07) is 8.92. The van der Waals surface area contributed by atoms with Crippen molar-refractivity contribution in [3.63, 3.8) is 0 Å². The van der Waals surface area contributed by atoms with Crippen molar-refractivity contribution in [2.45, 2.75) is 18.1 Å². The number of hydrogen-bond acceptors (Lipinski definition) is 5. The van der Waals surface area contributed by atoms with Gasteiger partial charge in [-0.15, -0.1) is 0 Å². The minimum absolute atomic E-state index is 0.161. The fourth-order valence-electron chi connectivity index (χ4n) is 1.76. The number of aromatic amines is 1. The molecule has 20 heavy (non-hydrogen) atoms. The van der Waals surface area contributed by atoms with Gasteiger partial charge < -0.3 is 15.5 Å². The van der Waals surface area contributed by atoms with Gasteiger partial charge in [0.15, 0.2) is 5.16 Å². The Kier molecular flexibility index (Phi) is 5.20. The molecule has 1 aromatic carbocycles. The van der Waals surface area contributed by atoms with E-state index < -0.39 is 0 Å². The molecule has 0 aliphatic rings. The van der Waals surface area contributed by atoms with Gasteiger partial charge in [0.25, 0.3) is 5.56 Å².